The van der Waals surface area contributed by atoms with E-state index in [0.717, 1.165) is 23.1 Å². The second-order valence-corrected chi connectivity index (χ2v) is 6.77. The highest BCUT2D eigenvalue weighted by atomic mass is 19.4. The van der Waals surface area contributed by atoms with E-state index >= 15 is 0 Å². The summed E-state index contributed by atoms with van der Waals surface area (Å²) in [4.78, 5) is 37.3. The average molecular weight is 386 g/mol. The minimum absolute atomic E-state index is 0.118. The summed E-state index contributed by atoms with van der Waals surface area (Å²) in [6, 6.07) is 2.71. The first-order valence-electron chi connectivity index (χ1n) is 8.51. The molecule has 2 amide bonds. The molecular formula is C18H21F3N2O4. The lowest BCUT2D eigenvalue weighted by atomic mass is 10.1. The predicted octanol–water partition coefficient (Wildman–Crippen LogP) is 3.36. The standard InChI is InChI=1S/C18H21F3N2O4/c1-10(2)4-7-16(25)27-11(3)17(26)23-9-15(24)22-13-8-12(18(19,20)21)5-6-14(13)23/h5-6,8,10-11H,4,7,9H2,1-3H3,(H,22,24). The van der Waals surface area contributed by atoms with Crippen LogP contribution in [-0.2, 0) is 25.3 Å². The number of hydrogen-bond acceptors (Lipinski definition) is 4. The van der Waals surface area contributed by atoms with E-state index in [1.165, 1.54) is 6.92 Å². The van der Waals surface area contributed by atoms with Gasteiger partial charge in [0, 0.05) is 6.42 Å². The number of benzene rings is 1. The Hall–Kier alpha value is -2.58. The Morgan fingerprint density at radius 1 is 1.26 bits per heavy atom. The van der Waals surface area contributed by atoms with E-state index in [9.17, 15) is 27.6 Å². The molecule has 9 heteroatoms. The fourth-order valence-corrected chi connectivity index (χ4v) is 2.60. The molecule has 27 heavy (non-hydrogen) atoms. The molecule has 1 atom stereocenters. The van der Waals surface area contributed by atoms with Crippen molar-refractivity contribution in [2.24, 2.45) is 5.92 Å². The molecule has 1 aromatic rings. The maximum absolute atomic E-state index is 12.9. The monoisotopic (exact) mass is 386 g/mol. The molecular weight excluding hydrogens is 365 g/mol. The van der Waals surface area contributed by atoms with Gasteiger partial charge in [0.2, 0.25) is 5.91 Å². The highest BCUT2D eigenvalue weighted by Crippen LogP contribution is 2.37. The zero-order chi connectivity index (χ0) is 20.4. The van der Waals surface area contributed by atoms with Crippen LogP contribution in [0.15, 0.2) is 18.2 Å². The molecule has 1 unspecified atom stereocenters. The van der Waals surface area contributed by atoms with Crippen molar-refractivity contribution < 1.29 is 32.3 Å². The Labute approximate surface area is 154 Å². The first kappa shape index (κ1) is 20.7. The van der Waals surface area contributed by atoms with Gasteiger partial charge in [-0.1, -0.05) is 13.8 Å². The van der Waals surface area contributed by atoms with Gasteiger partial charge in [-0.3, -0.25) is 19.3 Å². The summed E-state index contributed by atoms with van der Waals surface area (Å²) in [5.74, 6) is -1.56. The molecule has 1 heterocycles. The predicted molar refractivity (Wildman–Crippen MR) is 92.1 cm³/mol. The molecule has 2 rings (SSSR count). The Balaban J connectivity index is 2.18. The highest BCUT2D eigenvalue weighted by molar-refractivity contribution is 6.11. The lowest BCUT2D eigenvalue weighted by Gasteiger charge is -2.31. The Bertz CT molecular complexity index is 747. The summed E-state index contributed by atoms with van der Waals surface area (Å²) < 4.78 is 43.7. The number of nitrogens with zero attached hydrogens (tertiary/aromatic N) is 1. The lowest BCUT2D eigenvalue weighted by molar-refractivity contribution is -0.154. The number of fused-ring (bicyclic) bond motifs is 1. The van der Waals surface area contributed by atoms with Gasteiger partial charge in [-0.25, -0.2) is 0 Å². The van der Waals surface area contributed by atoms with Crippen LogP contribution >= 0.6 is 0 Å². The van der Waals surface area contributed by atoms with Crippen molar-refractivity contribution in [3.8, 4) is 0 Å². The molecule has 1 aromatic carbocycles. The number of carbonyl (C=O) groups is 3. The number of rotatable bonds is 5. The van der Waals surface area contributed by atoms with E-state index in [2.05, 4.69) is 5.32 Å². The highest BCUT2D eigenvalue weighted by Gasteiger charge is 2.35. The molecule has 1 N–H and O–H groups in total. The lowest BCUT2D eigenvalue weighted by Crippen LogP contribution is -2.47. The first-order chi connectivity index (χ1) is 12.5. The van der Waals surface area contributed by atoms with E-state index in [1.807, 2.05) is 13.8 Å². The maximum Gasteiger partial charge on any atom is 0.416 e. The van der Waals surface area contributed by atoms with E-state index in [4.69, 9.17) is 4.74 Å². The molecule has 0 aromatic heterocycles. The summed E-state index contributed by atoms with van der Waals surface area (Å²) in [6.07, 6.45) is -4.98. The van der Waals surface area contributed by atoms with Gasteiger partial charge in [-0.2, -0.15) is 13.2 Å². The van der Waals surface area contributed by atoms with Crippen molar-refractivity contribution in [2.75, 3.05) is 16.8 Å². The van der Waals surface area contributed by atoms with Crippen LogP contribution in [0.25, 0.3) is 0 Å². The quantitative estimate of drug-likeness (QED) is 0.788. The van der Waals surface area contributed by atoms with Crippen molar-refractivity contribution in [1.82, 2.24) is 0 Å². The molecule has 148 valence electrons. The van der Waals surface area contributed by atoms with Crippen molar-refractivity contribution in [1.29, 1.82) is 0 Å². The minimum Gasteiger partial charge on any atom is -0.453 e. The maximum atomic E-state index is 12.9. The largest absolute Gasteiger partial charge is 0.453 e. The Morgan fingerprint density at radius 2 is 1.93 bits per heavy atom. The van der Waals surface area contributed by atoms with Crippen LogP contribution in [0.3, 0.4) is 0 Å². The number of amides is 2. The third-order valence-corrected chi connectivity index (χ3v) is 4.04. The summed E-state index contributed by atoms with van der Waals surface area (Å²) in [6.45, 7) is 4.89. The van der Waals surface area contributed by atoms with Crippen molar-refractivity contribution in [3.63, 3.8) is 0 Å². The molecule has 0 radical (unpaired) electrons. The van der Waals surface area contributed by atoms with Gasteiger partial charge in [0.05, 0.1) is 16.9 Å². The molecule has 0 aliphatic carbocycles. The van der Waals surface area contributed by atoms with E-state index < -0.39 is 35.6 Å². The summed E-state index contributed by atoms with van der Waals surface area (Å²) in [5.41, 5.74) is -0.936. The van der Waals surface area contributed by atoms with Crippen molar-refractivity contribution >= 4 is 29.2 Å². The molecule has 0 fully saturated rings. The molecule has 1 aliphatic heterocycles. The van der Waals surface area contributed by atoms with E-state index in [1.54, 1.807) is 0 Å². The number of alkyl halides is 3. The minimum atomic E-state index is -4.58. The normalized spacial score (nSPS) is 15.2. The van der Waals surface area contributed by atoms with Crippen LogP contribution in [0.4, 0.5) is 24.5 Å². The van der Waals surface area contributed by atoms with Gasteiger partial charge in [-0.05, 0) is 37.5 Å². The van der Waals surface area contributed by atoms with Gasteiger partial charge in [-0.15, -0.1) is 0 Å². The molecule has 6 nitrogen and oxygen atoms in total. The van der Waals surface area contributed by atoms with Gasteiger partial charge < -0.3 is 10.1 Å². The molecule has 0 bridgehead atoms. The van der Waals surface area contributed by atoms with E-state index in [0.29, 0.717) is 12.3 Å². The van der Waals surface area contributed by atoms with Gasteiger partial charge in [0.1, 0.15) is 6.54 Å². The van der Waals surface area contributed by atoms with Crippen LogP contribution in [0.2, 0.25) is 0 Å². The number of anilines is 2. The SMILES string of the molecule is CC(C)CCC(=O)OC(C)C(=O)N1CC(=O)Nc2cc(C(F)(F)F)ccc21. The second kappa shape index (κ2) is 7.98. The smallest absolute Gasteiger partial charge is 0.416 e. The zero-order valence-electron chi connectivity index (χ0n) is 15.2. The summed E-state index contributed by atoms with van der Waals surface area (Å²) >= 11 is 0. The first-order valence-corrected chi connectivity index (χ1v) is 8.51. The third-order valence-electron chi connectivity index (χ3n) is 4.04. The van der Waals surface area contributed by atoms with Crippen LogP contribution in [0, 0.1) is 5.92 Å². The van der Waals surface area contributed by atoms with Crippen LogP contribution in [-0.4, -0.2) is 30.4 Å². The number of carbonyl (C=O) groups excluding carboxylic acids is 3. The molecule has 0 saturated heterocycles. The Morgan fingerprint density at radius 3 is 2.52 bits per heavy atom. The number of hydrogen-bond donors (Lipinski definition) is 1. The molecule has 1 aliphatic rings. The average Bonchev–Trinajstić information content (AvgIpc) is 2.57. The number of halogens is 3. The van der Waals surface area contributed by atoms with Crippen LogP contribution < -0.4 is 10.2 Å². The molecule has 0 spiro atoms. The number of ether oxygens (including phenoxy) is 1. The Kier molecular flexibility index (Phi) is 6.12. The summed E-state index contributed by atoms with van der Waals surface area (Å²) in [5, 5.41) is 2.33. The summed E-state index contributed by atoms with van der Waals surface area (Å²) in [7, 11) is 0. The van der Waals surface area contributed by atoms with Crippen LogP contribution in [0.1, 0.15) is 39.2 Å². The topological polar surface area (TPSA) is 75.7 Å². The second-order valence-electron chi connectivity index (χ2n) is 6.77. The fraction of sp³-hybridized carbons (Fsp3) is 0.500. The zero-order valence-corrected chi connectivity index (χ0v) is 15.2. The van der Waals surface area contributed by atoms with Crippen molar-refractivity contribution in [2.45, 2.75) is 45.9 Å². The number of nitrogens with one attached hydrogen (secondary N) is 1. The van der Waals surface area contributed by atoms with Gasteiger partial charge >= 0.3 is 12.1 Å². The van der Waals surface area contributed by atoms with E-state index in [-0.39, 0.29) is 24.3 Å². The fourth-order valence-electron chi connectivity index (χ4n) is 2.60. The molecule has 0 saturated carbocycles. The number of esters is 1. The third kappa shape index (κ3) is 5.21. The van der Waals surface area contributed by atoms with Gasteiger partial charge in [0.25, 0.3) is 5.91 Å². The van der Waals surface area contributed by atoms with Crippen LogP contribution in [0.5, 0.6) is 0 Å². The van der Waals surface area contributed by atoms with Crippen molar-refractivity contribution in [3.05, 3.63) is 23.8 Å². The van der Waals surface area contributed by atoms with Gasteiger partial charge in [0.15, 0.2) is 6.10 Å².